The zero-order chi connectivity index (χ0) is 20.1. The topological polar surface area (TPSA) is 66.9 Å². The Morgan fingerprint density at radius 1 is 1.00 bits per heavy atom. The number of para-hydroxylation sites is 1. The Hall–Kier alpha value is -3.42. The lowest BCUT2D eigenvalue weighted by Gasteiger charge is -2.15. The van der Waals surface area contributed by atoms with E-state index in [0.717, 1.165) is 11.6 Å². The van der Waals surface area contributed by atoms with Crippen molar-refractivity contribution in [2.75, 3.05) is 10.6 Å². The predicted octanol–water partition coefficient (Wildman–Crippen LogP) is 4.92. The Kier molecular flexibility index (Phi) is 5.58. The van der Waals surface area contributed by atoms with Crippen LogP contribution < -0.4 is 10.6 Å². The molecule has 1 amide bonds. The van der Waals surface area contributed by atoms with Crippen LogP contribution in [0.3, 0.4) is 0 Å². The van der Waals surface area contributed by atoms with Gasteiger partial charge in [-0.2, -0.15) is 13.2 Å². The molecule has 0 aliphatic heterocycles. The van der Waals surface area contributed by atoms with Gasteiger partial charge in [-0.05, 0) is 30.7 Å². The number of benzene rings is 2. The molecule has 2 N–H and O–H groups in total. The second kappa shape index (κ2) is 8.08. The molecule has 0 saturated carbocycles. The maximum absolute atomic E-state index is 13.1. The molecule has 0 fully saturated rings. The standard InChI is InChI=1S/C20H17F3N4O/c1-13(14-7-3-2-4-8-14)25-19-24-12-11-17(27-19)18(28)26-16-10-6-5-9-15(16)20(21,22)23/h2-13H,1H3,(H,26,28)(H,24,25,27). The van der Waals surface area contributed by atoms with Crippen molar-refractivity contribution in [1.82, 2.24) is 9.97 Å². The van der Waals surface area contributed by atoms with E-state index in [1.54, 1.807) is 0 Å². The van der Waals surface area contributed by atoms with Gasteiger partial charge in [-0.25, -0.2) is 9.97 Å². The van der Waals surface area contributed by atoms with Crippen LogP contribution in [0.2, 0.25) is 0 Å². The van der Waals surface area contributed by atoms with Gasteiger partial charge in [0.25, 0.3) is 5.91 Å². The van der Waals surface area contributed by atoms with Crippen LogP contribution in [-0.4, -0.2) is 15.9 Å². The number of amides is 1. The molecule has 0 bridgehead atoms. The summed E-state index contributed by atoms with van der Waals surface area (Å²) in [6.07, 6.45) is -3.20. The number of alkyl halides is 3. The van der Waals surface area contributed by atoms with Crippen LogP contribution in [0.5, 0.6) is 0 Å². The first-order chi connectivity index (χ1) is 13.3. The molecular formula is C20H17F3N4O. The van der Waals surface area contributed by atoms with Crippen LogP contribution in [-0.2, 0) is 6.18 Å². The van der Waals surface area contributed by atoms with Gasteiger partial charge < -0.3 is 10.6 Å². The lowest BCUT2D eigenvalue weighted by atomic mass is 10.1. The zero-order valence-electron chi connectivity index (χ0n) is 14.9. The number of hydrogen-bond acceptors (Lipinski definition) is 4. The van der Waals surface area contributed by atoms with Gasteiger partial charge in [-0.3, -0.25) is 4.79 Å². The summed E-state index contributed by atoms with van der Waals surface area (Å²) in [6, 6.07) is 15.6. The van der Waals surface area contributed by atoms with Gasteiger partial charge in [0.05, 0.1) is 17.3 Å². The Morgan fingerprint density at radius 3 is 2.39 bits per heavy atom. The predicted molar refractivity (Wildman–Crippen MR) is 99.9 cm³/mol. The SMILES string of the molecule is CC(Nc1nccc(C(=O)Nc2ccccc2C(F)(F)F)n1)c1ccccc1. The second-order valence-electron chi connectivity index (χ2n) is 6.04. The minimum absolute atomic E-state index is 0.0465. The molecule has 0 saturated heterocycles. The molecule has 0 spiro atoms. The van der Waals surface area contributed by atoms with E-state index in [0.29, 0.717) is 0 Å². The summed E-state index contributed by atoms with van der Waals surface area (Å²) in [5, 5.41) is 5.34. The Morgan fingerprint density at radius 2 is 1.68 bits per heavy atom. The summed E-state index contributed by atoms with van der Waals surface area (Å²) in [6.45, 7) is 1.91. The highest BCUT2D eigenvalue weighted by molar-refractivity contribution is 6.03. The Balaban J connectivity index is 1.76. The number of anilines is 2. The summed E-state index contributed by atoms with van der Waals surface area (Å²) >= 11 is 0. The fraction of sp³-hybridized carbons (Fsp3) is 0.150. The van der Waals surface area contributed by atoms with Gasteiger partial charge in [0.1, 0.15) is 5.69 Å². The van der Waals surface area contributed by atoms with Crippen molar-refractivity contribution in [1.29, 1.82) is 0 Å². The van der Waals surface area contributed by atoms with Crippen molar-refractivity contribution in [2.24, 2.45) is 0 Å². The molecule has 0 aliphatic carbocycles. The maximum Gasteiger partial charge on any atom is 0.418 e. The fourth-order valence-corrected chi connectivity index (χ4v) is 2.60. The highest BCUT2D eigenvalue weighted by atomic mass is 19.4. The molecule has 5 nitrogen and oxygen atoms in total. The third-order valence-electron chi connectivity index (χ3n) is 4.01. The van der Waals surface area contributed by atoms with Crippen LogP contribution in [0.15, 0.2) is 66.9 Å². The monoisotopic (exact) mass is 386 g/mol. The van der Waals surface area contributed by atoms with E-state index >= 15 is 0 Å². The van der Waals surface area contributed by atoms with Crippen LogP contribution in [0.25, 0.3) is 0 Å². The summed E-state index contributed by atoms with van der Waals surface area (Å²) in [7, 11) is 0. The first kappa shape index (κ1) is 19.3. The number of nitrogens with one attached hydrogen (secondary N) is 2. The quantitative estimate of drug-likeness (QED) is 0.653. The van der Waals surface area contributed by atoms with Gasteiger partial charge >= 0.3 is 6.18 Å². The van der Waals surface area contributed by atoms with Gasteiger partial charge in [0.2, 0.25) is 5.95 Å². The average molecular weight is 386 g/mol. The molecule has 144 valence electrons. The second-order valence-corrected chi connectivity index (χ2v) is 6.04. The summed E-state index contributed by atoms with van der Waals surface area (Å²) in [5.74, 6) is -0.553. The highest BCUT2D eigenvalue weighted by Gasteiger charge is 2.33. The molecule has 3 aromatic rings. The van der Waals surface area contributed by atoms with E-state index in [4.69, 9.17) is 0 Å². The van der Waals surface area contributed by atoms with E-state index in [1.807, 2.05) is 37.3 Å². The molecule has 2 aromatic carbocycles. The Bertz CT molecular complexity index is 961. The number of carbonyl (C=O) groups is 1. The van der Waals surface area contributed by atoms with E-state index in [1.165, 1.54) is 30.5 Å². The minimum atomic E-state index is -4.58. The van der Waals surface area contributed by atoms with Crippen LogP contribution >= 0.6 is 0 Å². The lowest BCUT2D eigenvalue weighted by Crippen LogP contribution is -2.19. The molecule has 1 unspecified atom stereocenters. The molecule has 1 atom stereocenters. The molecule has 0 aliphatic rings. The molecule has 8 heteroatoms. The minimum Gasteiger partial charge on any atom is -0.348 e. The number of nitrogens with zero attached hydrogens (tertiary/aromatic N) is 2. The van der Waals surface area contributed by atoms with Crippen molar-refractivity contribution >= 4 is 17.5 Å². The number of halogens is 3. The zero-order valence-corrected chi connectivity index (χ0v) is 14.9. The van der Waals surface area contributed by atoms with Crippen molar-refractivity contribution < 1.29 is 18.0 Å². The van der Waals surface area contributed by atoms with Crippen LogP contribution in [0, 0.1) is 0 Å². The van der Waals surface area contributed by atoms with Crippen molar-refractivity contribution in [3.05, 3.63) is 83.7 Å². The van der Waals surface area contributed by atoms with E-state index < -0.39 is 17.6 Å². The molecule has 1 heterocycles. The van der Waals surface area contributed by atoms with E-state index in [-0.39, 0.29) is 23.4 Å². The van der Waals surface area contributed by atoms with Crippen LogP contribution in [0.1, 0.15) is 34.6 Å². The van der Waals surface area contributed by atoms with Crippen LogP contribution in [0.4, 0.5) is 24.8 Å². The average Bonchev–Trinajstić information content (AvgIpc) is 2.68. The van der Waals surface area contributed by atoms with E-state index in [9.17, 15) is 18.0 Å². The normalized spacial score (nSPS) is 12.3. The van der Waals surface area contributed by atoms with Crippen molar-refractivity contribution in [2.45, 2.75) is 19.1 Å². The summed E-state index contributed by atoms with van der Waals surface area (Å²) in [5.41, 5.74) is -0.297. The first-order valence-electron chi connectivity index (χ1n) is 8.46. The number of carbonyl (C=O) groups excluding carboxylic acids is 1. The summed E-state index contributed by atoms with van der Waals surface area (Å²) in [4.78, 5) is 20.6. The third-order valence-corrected chi connectivity index (χ3v) is 4.01. The molecular weight excluding hydrogens is 369 g/mol. The van der Waals surface area contributed by atoms with Gasteiger partial charge in [-0.15, -0.1) is 0 Å². The third kappa shape index (κ3) is 4.64. The van der Waals surface area contributed by atoms with Gasteiger partial charge in [-0.1, -0.05) is 42.5 Å². The number of aromatic nitrogens is 2. The van der Waals surface area contributed by atoms with E-state index in [2.05, 4.69) is 20.6 Å². The van der Waals surface area contributed by atoms with Gasteiger partial charge in [0, 0.05) is 6.20 Å². The maximum atomic E-state index is 13.1. The molecule has 3 rings (SSSR count). The smallest absolute Gasteiger partial charge is 0.348 e. The number of rotatable bonds is 5. The Labute approximate surface area is 159 Å². The molecule has 28 heavy (non-hydrogen) atoms. The summed E-state index contributed by atoms with van der Waals surface area (Å²) < 4.78 is 39.2. The van der Waals surface area contributed by atoms with Crippen molar-refractivity contribution in [3.8, 4) is 0 Å². The number of hydrogen-bond donors (Lipinski definition) is 2. The highest BCUT2D eigenvalue weighted by Crippen LogP contribution is 2.34. The largest absolute Gasteiger partial charge is 0.418 e. The van der Waals surface area contributed by atoms with Gasteiger partial charge in [0.15, 0.2) is 0 Å². The molecule has 1 aromatic heterocycles. The lowest BCUT2D eigenvalue weighted by molar-refractivity contribution is -0.136. The fourth-order valence-electron chi connectivity index (χ4n) is 2.60. The molecule has 0 radical (unpaired) electrons. The first-order valence-corrected chi connectivity index (χ1v) is 8.46. The van der Waals surface area contributed by atoms with Crippen molar-refractivity contribution in [3.63, 3.8) is 0 Å².